The third-order valence-electron chi connectivity index (χ3n) is 0.950. The summed E-state index contributed by atoms with van der Waals surface area (Å²) >= 11 is 0. The molecule has 0 aromatic rings. The van der Waals surface area contributed by atoms with Crippen molar-refractivity contribution >= 4 is 29.5 Å². The van der Waals surface area contributed by atoms with Gasteiger partial charge < -0.3 is 0 Å². The van der Waals surface area contributed by atoms with Gasteiger partial charge in [-0.2, -0.15) is 0 Å². The van der Waals surface area contributed by atoms with Gasteiger partial charge in [0.2, 0.25) is 8.87 Å². The second-order valence-electron chi connectivity index (χ2n) is 2.20. The lowest BCUT2D eigenvalue weighted by Crippen LogP contribution is -1.87. The zero-order valence-corrected chi connectivity index (χ0v) is 8.54. The average Bonchev–Trinajstić information content (AvgIpc) is 2.05. The molecule has 0 amide bonds. The Morgan fingerprint density at radius 2 is 2.00 bits per heavy atom. The lowest BCUT2D eigenvalue weighted by atomic mass is 10.6. The molecule has 12 heavy (non-hydrogen) atoms. The van der Waals surface area contributed by atoms with Crippen molar-refractivity contribution in [3.8, 4) is 0 Å². The SMILES string of the molecule is CS(=O)(=O)SC1=CS(=O)(=O)C=C1. The van der Waals surface area contributed by atoms with Crippen molar-refractivity contribution in [2.45, 2.75) is 0 Å². The minimum Gasteiger partial charge on any atom is -0.220 e. The molecule has 4 nitrogen and oxygen atoms in total. The molecule has 0 saturated heterocycles. The fourth-order valence-corrected chi connectivity index (χ4v) is 4.13. The average molecular weight is 226 g/mol. The van der Waals surface area contributed by atoms with E-state index < -0.39 is 18.7 Å². The molecule has 0 aliphatic carbocycles. The summed E-state index contributed by atoms with van der Waals surface area (Å²) in [6.45, 7) is 0. The normalized spacial score (nSPS) is 20.9. The smallest absolute Gasteiger partial charge is 0.203 e. The Morgan fingerprint density at radius 3 is 2.33 bits per heavy atom. The van der Waals surface area contributed by atoms with Gasteiger partial charge in [0.1, 0.15) is 0 Å². The molecule has 0 N–H and O–H groups in total. The monoisotopic (exact) mass is 226 g/mol. The molecule has 0 radical (unpaired) electrons. The Labute approximate surface area is 74.6 Å². The Kier molecular flexibility index (Phi) is 2.37. The second kappa shape index (κ2) is 2.90. The van der Waals surface area contributed by atoms with Crippen LogP contribution in [0.5, 0.6) is 0 Å². The van der Waals surface area contributed by atoms with Crippen molar-refractivity contribution in [2.75, 3.05) is 6.26 Å². The van der Waals surface area contributed by atoms with E-state index in [2.05, 4.69) is 0 Å². The summed E-state index contributed by atoms with van der Waals surface area (Å²) in [5, 5.41) is 1.90. The number of allylic oxidation sites excluding steroid dienone is 1. The van der Waals surface area contributed by atoms with Crippen LogP contribution in [0.25, 0.3) is 0 Å². The van der Waals surface area contributed by atoms with Gasteiger partial charge in [-0.3, -0.25) is 0 Å². The second-order valence-corrected chi connectivity index (χ2v) is 8.25. The van der Waals surface area contributed by atoms with E-state index in [1.54, 1.807) is 0 Å². The first-order chi connectivity index (χ1) is 5.29. The highest BCUT2D eigenvalue weighted by atomic mass is 33.1. The zero-order valence-electron chi connectivity index (χ0n) is 6.09. The van der Waals surface area contributed by atoms with Gasteiger partial charge >= 0.3 is 0 Å². The summed E-state index contributed by atoms with van der Waals surface area (Å²) in [5.41, 5.74) is 0. The molecule has 0 bridgehead atoms. The van der Waals surface area contributed by atoms with E-state index in [9.17, 15) is 16.8 Å². The molecule has 1 aliphatic rings. The van der Waals surface area contributed by atoms with Gasteiger partial charge in [0.25, 0.3) is 0 Å². The van der Waals surface area contributed by atoms with Crippen LogP contribution in [-0.2, 0) is 18.7 Å². The maximum atomic E-state index is 10.8. The number of hydrogen-bond donors (Lipinski definition) is 0. The predicted octanol–water partition coefficient (Wildman–Crippen LogP) is 0.463. The first-order valence-electron chi connectivity index (χ1n) is 2.83. The number of hydrogen-bond acceptors (Lipinski definition) is 5. The lowest BCUT2D eigenvalue weighted by molar-refractivity contribution is 0.612. The summed E-state index contributed by atoms with van der Waals surface area (Å²) in [5.74, 6) is 0. The van der Waals surface area contributed by atoms with Crippen molar-refractivity contribution in [3.63, 3.8) is 0 Å². The van der Waals surface area contributed by atoms with E-state index in [1.807, 2.05) is 0 Å². The Balaban J connectivity index is 2.93. The van der Waals surface area contributed by atoms with Crippen LogP contribution in [0.15, 0.2) is 21.8 Å². The summed E-state index contributed by atoms with van der Waals surface area (Å²) in [4.78, 5) is 0.234. The van der Waals surface area contributed by atoms with Crippen LogP contribution in [0.3, 0.4) is 0 Å². The van der Waals surface area contributed by atoms with Crippen molar-refractivity contribution in [1.82, 2.24) is 0 Å². The molecule has 0 fully saturated rings. The Hall–Kier alpha value is -0.270. The van der Waals surface area contributed by atoms with Gasteiger partial charge in [-0.1, -0.05) is 0 Å². The first kappa shape index (κ1) is 9.82. The third kappa shape index (κ3) is 3.00. The van der Waals surface area contributed by atoms with Gasteiger partial charge in [0, 0.05) is 32.8 Å². The van der Waals surface area contributed by atoms with Crippen LogP contribution >= 0.6 is 10.8 Å². The molecule has 0 aromatic carbocycles. The van der Waals surface area contributed by atoms with E-state index >= 15 is 0 Å². The lowest BCUT2D eigenvalue weighted by Gasteiger charge is -1.92. The maximum absolute atomic E-state index is 10.8. The predicted molar refractivity (Wildman–Crippen MR) is 48.6 cm³/mol. The van der Waals surface area contributed by atoms with Crippen LogP contribution in [0.2, 0.25) is 0 Å². The van der Waals surface area contributed by atoms with E-state index in [0.717, 1.165) is 17.1 Å². The molecular formula is C5H6O4S3. The van der Waals surface area contributed by atoms with Crippen LogP contribution in [-0.4, -0.2) is 23.1 Å². The molecule has 1 aliphatic heterocycles. The van der Waals surface area contributed by atoms with Crippen LogP contribution in [0, 0.1) is 0 Å². The molecular weight excluding hydrogens is 220 g/mol. The van der Waals surface area contributed by atoms with Crippen LogP contribution < -0.4 is 0 Å². The molecule has 1 heterocycles. The highest BCUT2D eigenvalue weighted by Gasteiger charge is 2.15. The largest absolute Gasteiger partial charge is 0.220 e. The summed E-state index contributed by atoms with van der Waals surface area (Å²) in [6.07, 6.45) is 2.29. The third-order valence-corrected chi connectivity index (χ3v) is 4.43. The first-order valence-corrected chi connectivity index (χ1v) is 7.66. The highest BCUT2D eigenvalue weighted by molar-refractivity contribution is 8.73. The number of rotatable bonds is 2. The zero-order chi connectivity index (χ0) is 9.41. The Bertz CT molecular complexity index is 437. The van der Waals surface area contributed by atoms with Gasteiger partial charge in [0.05, 0.1) is 0 Å². The quantitative estimate of drug-likeness (QED) is 0.640. The topological polar surface area (TPSA) is 68.3 Å². The minimum atomic E-state index is -3.30. The molecule has 0 atom stereocenters. The molecule has 0 spiro atoms. The standard InChI is InChI=1S/C5H6O4S3/c1-11(6,7)10-5-2-3-12(8,9)4-5/h2-4H,1H3. The van der Waals surface area contributed by atoms with E-state index in [-0.39, 0.29) is 4.91 Å². The van der Waals surface area contributed by atoms with Gasteiger partial charge in [-0.05, 0) is 6.08 Å². The van der Waals surface area contributed by atoms with E-state index in [0.29, 0.717) is 10.8 Å². The van der Waals surface area contributed by atoms with Crippen molar-refractivity contribution in [2.24, 2.45) is 0 Å². The summed E-state index contributed by atoms with van der Waals surface area (Å²) in [7, 11) is -5.99. The number of sulfone groups is 1. The maximum Gasteiger partial charge on any atom is 0.203 e. The fraction of sp³-hybridized carbons (Fsp3) is 0.200. The van der Waals surface area contributed by atoms with Gasteiger partial charge in [-0.25, -0.2) is 16.8 Å². The van der Waals surface area contributed by atoms with Crippen LogP contribution in [0.4, 0.5) is 0 Å². The molecule has 1 rings (SSSR count). The molecule has 68 valence electrons. The Morgan fingerprint density at radius 1 is 1.42 bits per heavy atom. The van der Waals surface area contributed by atoms with Crippen LogP contribution in [0.1, 0.15) is 0 Å². The highest BCUT2D eigenvalue weighted by Crippen LogP contribution is 2.28. The fourth-order valence-electron chi connectivity index (χ4n) is 0.625. The molecule has 0 aromatic heterocycles. The molecule has 0 unspecified atom stereocenters. The van der Waals surface area contributed by atoms with E-state index in [1.165, 1.54) is 6.08 Å². The van der Waals surface area contributed by atoms with Crippen molar-refractivity contribution < 1.29 is 16.8 Å². The van der Waals surface area contributed by atoms with Crippen molar-refractivity contribution in [3.05, 3.63) is 21.8 Å². The molecule has 0 saturated carbocycles. The molecule has 7 heteroatoms. The van der Waals surface area contributed by atoms with Gasteiger partial charge in [0.15, 0.2) is 9.84 Å². The summed E-state index contributed by atoms with van der Waals surface area (Å²) in [6, 6.07) is 0. The minimum absolute atomic E-state index is 0.234. The summed E-state index contributed by atoms with van der Waals surface area (Å²) < 4.78 is 42.9. The van der Waals surface area contributed by atoms with Crippen molar-refractivity contribution in [1.29, 1.82) is 0 Å². The van der Waals surface area contributed by atoms with E-state index in [4.69, 9.17) is 0 Å². The van der Waals surface area contributed by atoms with Gasteiger partial charge in [-0.15, -0.1) is 0 Å².